The number of carbonyl (C=O) groups is 1. The predicted molar refractivity (Wildman–Crippen MR) is 34.5 cm³/mol. The molecule has 1 rings (SSSR count). The summed E-state index contributed by atoms with van der Waals surface area (Å²) in [4.78, 5) is 10.3. The first kappa shape index (κ1) is 6.54. The Bertz CT molecular complexity index is 260. The second-order valence-electron chi connectivity index (χ2n) is 1.78. The molecular weight excluding hydrogens is 132 g/mol. The number of nitrogens with two attached hydrogens (primary N) is 1. The zero-order valence-corrected chi connectivity index (χ0v) is 5.19. The van der Waals surface area contributed by atoms with E-state index in [-0.39, 0.29) is 5.82 Å². The summed E-state index contributed by atoms with van der Waals surface area (Å²) in [5, 5.41) is 8.45. The lowest BCUT2D eigenvalue weighted by atomic mass is 10.4. The van der Waals surface area contributed by atoms with Gasteiger partial charge in [-0.3, -0.25) is 5.73 Å². The van der Waals surface area contributed by atoms with Crippen molar-refractivity contribution in [2.45, 2.75) is 0 Å². The van der Waals surface area contributed by atoms with Gasteiger partial charge in [-0.05, 0) is 6.07 Å². The Morgan fingerprint density at radius 2 is 2.30 bits per heavy atom. The predicted octanol–water partition coefficient (Wildman–Crippen LogP) is 0.0824. The van der Waals surface area contributed by atoms with Crippen molar-refractivity contribution in [3.8, 4) is 0 Å². The smallest absolute Gasteiger partial charge is 0.446 e. The lowest BCUT2D eigenvalue weighted by molar-refractivity contribution is -0.569. The monoisotopic (exact) mass is 139 g/mol. The minimum atomic E-state index is -1.07. The summed E-state index contributed by atoms with van der Waals surface area (Å²) >= 11 is 0. The van der Waals surface area contributed by atoms with Crippen molar-refractivity contribution >= 4 is 11.9 Å². The fourth-order valence-corrected chi connectivity index (χ4v) is 0.630. The maximum absolute atomic E-state index is 10.3. The molecule has 4 heteroatoms. The molecule has 10 heavy (non-hydrogen) atoms. The SMILES string of the molecule is Nc1cccc[n+]1C(=O)O. The van der Waals surface area contributed by atoms with Gasteiger partial charge in [-0.15, -0.1) is 4.57 Å². The molecule has 1 aromatic heterocycles. The molecule has 4 nitrogen and oxygen atoms in total. The van der Waals surface area contributed by atoms with Crippen LogP contribution in [0.3, 0.4) is 0 Å². The molecule has 1 heterocycles. The molecule has 0 saturated heterocycles. The summed E-state index contributed by atoms with van der Waals surface area (Å²) in [5.41, 5.74) is 5.30. The summed E-state index contributed by atoms with van der Waals surface area (Å²) in [6.07, 6.45) is 0.315. The highest BCUT2D eigenvalue weighted by Gasteiger charge is 2.08. The second-order valence-corrected chi connectivity index (χ2v) is 1.78. The van der Waals surface area contributed by atoms with Crippen LogP contribution < -0.4 is 10.3 Å². The van der Waals surface area contributed by atoms with Crippen LogP contribution in [0, 0.1) is 0 Å². The molecule has 3 N–H and O–H groups in total. The van der Waals surface area contributed by atoms with Crippen molar-refractivity contribution in [3.05, 3.63) is 24.4 Å². The Labute approximate surface area is 57.5 Å². The zero-order valence-electron chi connectivity index (χ0n) is 5.19. The van der Waals surface area contributed by atoms with Crippen LogP contribution in [0.2, 0.25) is 0 Å². The summed E-state index contributed by atoms with van der Waals surface area (Å²) in [5.74, 6) is 0.218. The molecule has 0 aliphatic heterocycles. The molecule has 0 aliphatic rings. The van der Waals surface area contributed by atoms with Gasteiger partial charge in [-0.25, -0.2) is 0 Å². The van der Waals surface area contributed by atoms with E-state index in [9.17, 15) is 4.79 Å². The van der Waals surface area contributed by atoms with Gasteiger partial charge in [0.05, 0.1) is 0 Å². The molecule has 0 radical (unpaired) electrons. The van der Waals surface area contributed by atoms with Crippen LogP contribution in [0.15, 0.2) is 24.4 Å². The molecule has 0 bridgehead atoms. The molecule has 0 atom stereocenters. The first-order valence-corrected chi connectivity index (χ1v) is 2.71. The van der Waals surface area contributed by atoms with Crippen LogP contribution >= 0.6 is 0 Å². The van der Waals surface area contributed by atoms with E-state index in [1.165, 1.54) is 12.3 Å². The van der Waals surface area contributed by atoms with E-state index < -0.39 is 6.09 Å². The summed E-state index contributed by atoms with van der Waals surface area (Å²) < 4.78 is 0.944. The molecule has 0 aromatic carbocycles. The van der Waals surface area contributed by atoms with Crippen LogP contribution in [0.25, 0.3) is 0 Å². The fraction of sp³-hybridized carbons (Fsp3) is 0. The third-order valence-corrected chi connectivity index (χ3v) is 1.10. The van der Waals surface area contributed by atoms with Gasteiger partial charge in [0.25, 0.3) is 5.82 Å². The first-order chi connectivity index (χ1) is 4.72. The Hall–Kier alpha value is -1.58. The lowest BCUT2D eigenvalue weighted by Gasteiger charge is -1.91. The van der Waals surface area contributed by atoms with Crippen molar-refractivity contribution in [1.29, 1.82) is 0 Å². The zero-order chi connectivity index (χ0) is 7.56. The fourth-order valence-electron chi connectivity index (χ4n) is 0.630. The molecule has 0 amide bonds. The van der Waals surface area contributed by atoms with Crippen molar-refractivity contribution < 1.29 is 14.5 Å². The molecule has 52 valence electrons. The normalized spacial score (nSPS) is 9.20. The highest BCUT2D eigenvalue weighted by Crippen LogP contribution is 1.89. The van der Waals surface area contributed by atoms with Crippen molar-refractivity contribution in [1.82, 2.24) is 0 Å². The molecular formula is C6H7N2O2+. The van der Waals surface area contributed by atoms with Crippen molar-refractivity contribution in [3.63, 3.8) is 0 Å². The summed E-state index contributed by atoms with van der Waals surface area (Å²) in [6, 6.07) is 4.80. The van der Waals surface area contributed by atoms with E-state index in [1.807, 2.05) is 0 Å². The van der Waals surface area contributed by atoms with Crippen LogP contribution in [0.5, 0.6) is 0 Å². The summed E-state index contributed by atoms with van der Waals surface area (Å²) in [7, 11) is 0. The van der Waals surface area contributed by atoms with Gasteiger partial charge in [0, 0.05) is 6.07 Å². The average molecular weight is 139 g/mol. The summed E-state index contributed by atoms with van der Waals surface area (Å²) in [6.45, 7) is 0. The maximum atomic E-state index is 10.3. The number of carboxylic acid groups (broad SMARTS) is 1. The first-order valence-electron chi connectivity index (χ1n) is 2.71. The highest BCUT2D eigenvalue weighted by molar-refractivity contribution is 5.55. The average Bonchev–Trinajstić information content (AvgIpc) is 1.88. The van der Waals surface area contributed by atoms with Gasteiger partial charge in [-0.2, -0.15) is 4.79 Å². The molecule has 0 unspecified atom stereocenters. The van der Waals surface area contributed by atoms with E-state index in [0.29, 0.717) is 0 Å². The van der Waals surface area contributed by atoms with Gasteiger partial charge in [0.1, 0.15) is 6.20 Å². The minimum absolute atomic E-state index is 0.218. The Morgan fingerprint density at radius 1 is 1.60 bits per heavy atom. The van der Waals surface area contributed by atoms with Gasteiger partial charge in [-0.1, -0.05) is 6.07 Å². The number of nitrogen functional groups attached to an aromatic ring is 1. The third kappa shape index (κ3) is 1.05. The number of nitrogens with zero attached hydrogens (tertiary/aromatic N) is 1. The van der Waals surface area contributed by atoms with E-state index in [0.717, 1.165) is 4.57 Å². The van der Waals surface area contributed by atoms with E-state index in [1.54, 1.807) is 12.1 Å². The number of aromatic nitrogens is 1. The molecule has 0 aliphatic carbocycles. The lowest BCUT2D eigenvalue weighted by Crippen LogP contribution is -2.43. The largest absolute Gasteiger partial charge is 0.509 e. The third-order valence-electron chi connectivity index (χ3n) is 1.10. The number of anilines is 1. The number of pyridine rings is 1. The number of hydrogen-bond donors (Lipinski definition) is 2. The van der Waals surface area contributed by atoms with Gasteiger partial charge >= 0.3 is 6.09 Å². The Morgan fingerprint density at radius 3 is 2.70 bits per heavy atom. The highest BCUT2D eigenvalue weighted by atomic mass is 16.4. The van der Waals surface area contributed by atoms with E-state index in [2.05, 4.69) is 0 Å². The van der Waals surface area contributed by atoms with Gasteiger partial charge < -0.3 is 5.11 Å². The van der Waals surface area contributed by atoms with Crippen LogP contribution in [0.4, 0.5) is 10.6 Å². The van der Waals surface area contributed by atoms with E-state index in [4.69, 9.17) is 10.8 Å². The van der Waals surface area contributed by atoms with Crippen LogP contribution in [-0.2, 0) is 0 Å². The second kappa shape index (κ2) is 2.34. The Balaban J connectivity index is 3.15. The Kier molecular flexibility index (Phi) is 1.53. The van der Waals surface area contributed by atoms with Gasteiger partial charge in [0.15, 0.2) is 0 Å². The van der Waals surface area contributed by atoms with E-state index >= 15 is 0 Å². The molecule has 0 saturated carbocycles. The van der Waals surface area contributed by atoms with Crippen LogP contribution in [-0.4, -0.2) is 11.2 Å². The van der Waals surface area contributed by atoms with Crippen molar-refractivity contribution in [2.24, 2.45) is 0 Å². The maximum Gasteiger partial charge on any atom is 0.509 e. The van der Waals surface area contributed by atoms with Crippen molar-refractivity contribution in [2.75, 3.05) is 5.73 Å². The minimum Gasteiger partial charge on any atom is -0.446 e. The molecule has 0 fully saturated rings. The standard InChI is InChI=1S/C6H6N2O2/c7-5-3-1-2-4-8(5)6(9)10/h1-4,7H,(H,9,10)/p+1. The molecule has 1 aromatic rings. The van der Waals surface area contributed by atoms with Gasteiger partial charge in [0.2, 0.25) is 0 Å². The topological polar surface area (TPSA) is 67.2 Å². The molecule has 0 spiro atoms. The quantitative estimate of drug-likeness (QED) is 0.500. The van der Waals surface area contributed by atoms with Crippen LogP contribution in [0.1, 0.15) is 0 Å². The number of hydrogen-bond acceptors (Lipinski definition) is 2. The number of rotatable bonds is 0.